The van der Waals surface area contributed by atoms with Crippen molar-refractivity contribution in [3.8, 4) is 0 Å². The van der Waals surface area contributed by atoms with Crippen LogP contribution >= 0.6 is 44.8 Å². The fourth-order valence-corrected chi connectivity index (χ4v) is 0.671. The maximum atomic E-state index is 4.79. The van der Waals surface area contributed by atoms with E-state index in [1.54, 1.807) is 0 Å². The Kier molecular flexibility index (Phi) is 12.4. The minimum absolute atomic E-state index is 1.51. The van der Waals surface area contributed by atoms with Gasteiger partial charge in [0.2, 0.25) is 7.57 Å². The van der Waals surface area contributed by atoms with Crippen molar-refractivity contribution < 1.29 is 13.6 Å². The summed E-state index contributed by atoms with van der Waals surface area (Å²) in [5.41, 5.74) is 0. The average molecular weight is 392 g/mol. The molecule has 0 N–H and O–H groups in total. The Labute approximate surface area is 85.3 Å². The van der Waals surface area contributed by atoms with Gasteiger partial charge in [-0.2, -0.15) is 0 Å². The number of hydrogen-bond acceptors (Lipinski definition) is 3. The van der Waals surface area contributed by atoms with Crippen molar-refractivity contribution in [1.82, 2.24) is 0 Å². The van der Waals surface area contributed by atoms with E-state index in [4.69, 9.17) is 13.6 Å². The van der Waals surface area contributed by atoms with Crippen molar-refractivity contribution in [2.24, 2.45) is 0 Å². The SMILES string of the molecule is C=P(OC)(OC)OC.II. The molecule has 0 bridgehead atoms. The normalized spacial score (nSPS) is 10.1. The van der Waals surface area contributed by atoms with E-state index in [0.29, 0.717) is 0 Å². The van der Waals surface area contributed by atoms with Crippen LogP contribution in [0.25, 0.3) is 0 Å². The van der Waals surface area contributed by atoms with Gasteiger partial charge in [-0.3, -0.25) is 0 Å². The second-order valence-electron chi connectivity index (χ2n) is 1.16. The summed E-state index contributed by atoms with van der Waals surface area (Å²) in [5, 5.41) is 0. The minimum Gasteiger partial charge on any atom is -0.321 e. The van der Waals surface area contributed by atoms with Crippen LogP contribution in [0.2, 0.25) is 0 Å². The van der Waals surface area contributed by atoms with Crippen LogP contribution in [0.3, 0.4) is 0 Å². The van der Waals surface area contributed by atoms with Crippen LogP contribution in [-0.4, -0.2) is 27.6 Å². The molecule has 0 aromatic heterocycles. The lowest BCUT2D eigenvalue weighted by atomic mass is 11.8. The van der Waals surface area contributed by atoms with Crippen LogP contribution in [0.15, 0.2) is 0 Å². The summed E-state index contributed by atoms with van der Waals surface area (Å²) in [6, 6.07) is 0. The average Bonchev–Trinajstić information content (AvgIpc) is 2.07. The standard InChI is InChI=1S/C4H11O3P.I2/c1-5-8(4,6-2)7-3;1-2/h4H2,1-3H3;. The first-order valence-corrected chi connectivity index (χ1v) is 10.2. The topological polar surface area (TPSA) is 27.7 Å². The molecule has 3 nitrogen and oxygen atoms in total. The van der Waals surface area contributed by atoms with Crippen molar-refractivity contribution in [3.63, 3.8) is 0 Å². The highest BCUT2D eigenvalue weighted by Crippen LogP contribution is 2.45. The van der Waals surface area contributed by atoms with E-state index in [0.717, 1.165) is 0 Å². The van der Waals surface area contributed by atoms with Crippen LogP contribution in [0.1, 0.15) is 0 Å². The van der Waals surface area contributed by atoms with Crippen molar-refractivity contribution >= 4 is 51.1 Å². The lowest BCUT2D eigenvalue weighted by Gasteiger charge is -2.16. The van der Waals surface area contributed by atoms with Crippen molar-refractivity contribution in [2.75, 3.05) is 21.3 Å². The van der Waals surface area contributed by atoms with E-state index in [-0.39, 0.29) is 0 Å². The van der Waals surface area contributed by atoms with Gasteiger partial charge in [0.25, 0.3) is 0 Å². The molecule has 0 saturated carbocycles. The van der Waals surface area contributed by atoms with Gasteiger partial charge in [0.1, 0.15) is 0 Å². The summed E-state index contributed by atoms with van der Waals surface area (Å²) in [7, 11) is 2.36. The van der Waals surface area contributed by atoms with Crippen LogP contribution in [0, 0.1) is 0 Å². The Morgan fingerprint density at radius 2 is 1.20 bits per heavy atom. The van der Waals surface area contributed by atoms with E-state index in [2.05, 4.69) is 43.5 Å². The first kappa shape index (κ1) is 14.2. The second kappa shape index (κ2) is 8.73. The third kappa shape index (κ3) is 6.36. The van der Waals surface area contributed by atoms with Gasteiger partial charge in [-0.25, -0.2) is 0 Å². The Balaban J connectivity index is 0. The number of hydrogen-bond donors (Lipinski definition) is 0. The fourth-order valence-electron chi connectivity index (χ4n) is 0.224. The first-order valence-electron chi connectivity index (χ1n) is 2.23. The molecule has 0 amide bonds. The predicted octanol–water partition coefficient (Wildman–Crippen LogP) is 2.89. The Bertz CT molecular complexity index is 89.7. The third-order valence-electron chi connectivity index (χ3n) is 0.835. The zero-order chi connectivity index (χ0) is 8.62. The number of rotatable bonds is 3. The van der Waals surface area contributed by atoms with Gasteiger partial charge in [0.05, 0.1) is 0 Å². The molecular formula is C4H11I2O3P. The smallest absolute Gasteiger partial charge is 0.249 e. The van der Waals surface area contributed by atoms with Crippen LogP contribution < -0.4 is 0 Å². The molecule has 0 saturated heterocycles. The largest absolute Gasteiger partial charge is 0.321 e. The third-order valence-corrected chi connectivity index (χ3v) is 2.50. The summed E-state index contributed by atoms with van der Waals surface area (Å²) in [5.74, 6) is 0. The van der Waals surface area contributed by atoms with E-state index in [1.807, 2.05) is 0 Å². The quantitative estimate of drug-likeness (QED) is 0.547. The van der Waals surface area contributed by atoms with Gasteiger partial charge in [-0.05, 0) is 6.30 Å². The van der Waals surface area contributed by atoms with Crippen LogP contribution in [0.4, 0.5) is 0 Å². The fraction of sp³-hybridized carbons (Fsp3) is 0.750. The van der Waals surface area contributed by atoms with Crippen molar-refractivity contribution in [1.29, 1.82) is 0 Å². The molecule has 0 aliphatic rings. The van der Waals surface area contributed by atoms with Crippen molar-refractivity contribution in [2.45, 2.75) is 0 Å². The van der Waals surface area contributed by atoms with Gasteiger partial charge >= 0.3 is 0 Å². The highest BCUT2D eigenvalue weighted by Gasteiger charge is 2.07. The monoisotopic (exact) mass is 392 g/mol. The van der Waals surface area contributed by atoms with E-state index in [9.17, 15) is 0 Å². The molecule has 10 heavy (non-hydrogen) atoms. The van der Waals surface area contributed by atoms with E-state index < -0.39 is 7.57 Å². The van der Waals surface area contributed by atoms with Gasteiger partial charge in [0.15, 0.2) is 0 Å². The molecule has 0 rings (SSSR count). The zero-order valence-electron chi connectivity index (χ0n) is 6.13. The molecule has 0 aromatic rings. The lowest BCUT2D eigenvalue weighted by Crippen LogP contribution is -1.89. The molecule has 64 valence electrons. The second-order valence-corrected chi connectivity index (χ2v) is 3.48. The first-order chi connectivity index (χ1) is 4.68. The maximum absolute atomic E-state index is 4.79. The molecule has 0 aromatic carbocycles. The van der Waals surface area contributed by atoms with Gasteiger partial charge in [0, 0.05) is 58.6 Å². The highest BCUT2D eigenvalue weighted by atomic mass is 128. The minimum atomic E-state index is -2.16. The van der Waals surface area contributed by atoms with E-state index in [1.165, 1.54) is 21.3 Å². The molecular weight excluding hydrogens is 381 g/mol. The van der Waals surface area contributed by atoms with Crippen LogP contribution in [0.5, 0.6) is 0 Å². The Morgan fingerprint density at radius 3 is 1.20 bits per heavy atom. The number of halogens is 2. The predicted molar refractivity (Wildman–Crippen MR) is 63.1 cm³/mol. The summed E-state index contributed by atoms with van der Waals surface area (Å²) >= 11 is 4.24. The molecule has 0 heterocycles. The highest BCUT2D eigenvalue weighted by molar-refractivity contribution is 15.0. The Hall–Kier alpha value is 1.64. The summed E-state index contributed by atoms with van der Waals surface area (Å²) in [6.07, 6.45) is 3.57. The summed E-state index contributed by atoms with van der Waals surface area (Å²) in [6.45, 7) is 0. The Morgan fingerprint density at radius 1 is 1.00 bits per heavy atom. The molecule has 6 heteroatoms. The molecule has 0 atom stereocenters. The summed E-state index contributed by atoms with van der Waals surface area (Å²) in [4.78, 5) is 0. The van der Waals surface area contributed by atoms with Crippen molar-refractivity contribution in [3.05, 3.63) is 0 Å². The van der Waals surface area contributed by atoms with Crippen LogP contribution in [-0.2, 0) is 13.6 Å². The van der Waals surface area contributed by atoms with E-state index >= 15 is 0 Å². The van der Waals surface area contributed by atoms with Gasteiger partial charge < -0.3 is 13.6 Å². The van der Waals surface area contributed by atoms with Gasteiger partial charge in [-0.1, -0.05) is 0 Å². The lowest BCUT2D eigenvalue weighted by molar-refractivity contribution is 0.233. The molecule has 0 aliphatic carbocycles. The van der Waals surface area contributed by atoms with Gasteiger partial charge in [-0.15, -0.1) is 0 Å². The molecule has 0 fully saturated rings. The molecule has 0 unspecified atom stereocenters. The molecule has 0 spiro atoms. The zero-order valence-corrected chi connectivity index (χ0v) is 11.3. The maximum Gasteiger partial charge on any atom is 0.249 e. The molecule has 0 radical (unpaired) electrons. The summed E-state index contributed by atoms with van der Waals surface area (Å²) < 4.78 is 14.4. The molecule has 0 aliphatic heterocycles.